The van der Waals surface area contributed by atoms with Crippen LogP contribution in [0.25, 0.3) is 11.3 Å². The Morgan fingerprint density at radius 2 is 2.07 bits per heavy atom. The SMILES string of the molecule is O=C(O)c1cccc(-c2ccc[nH]2)c1F. The number of aromatic amines is 1. The van der Waals surface area contributed by atoms with Crippen molar-refractivity contribution in [2.45, 2.75) is 0 Å². The van der Waals surface area contributed by atoms with Crippen LogP contribution in [0.3, 0.4) is 0 Å². The number of hydrogen-bond acceptors (Lipinski definition) is 1. The van der Waals surface area contributed by atoms with E-state index in [1.807, 2.05) is 0 Å². The van der Waals surface area contributed by atoms with Crippen LogP contribution in [0.5, 0.6) is 0 Å². The number of carboxylic acid groups (broad SMARTS) is 1. The number of rotatable bonds is 2. The van der Waals surface area contributed by atoms with Crippen molar-refractivity contribution in [3.63, 3.8) is 0 Å². The molecule has 2 N–H and O–H groups in total. The Balaban J connectivity index is 2.59. The van der Waals surface area contributed by atoms with Crippen LogP contribution in [0.15, 0.2) is 36.5 Å². The maximum Gasteiger partial charge on any atom is 0.338 e. The summed E-state index contributed by atoms with van der Waals surface area (Å²) in [6, 6.07) is 7.70. The highest BCUT2D eigenvalue weighted by atomic mass is 19.1. The van der Waals surface area contributed by atoms with Crippen LogP contribution in [-0.4, -0.2) is 16.1 Å². The number of carbonyl (C=O) groups is 1. The first kappa shape index (κ1) is 9.45. The van der Waals surface area contributed by atoms with Gasteiger partial charge in [-0.2, -0.15) is 0 Å². The lowest BCUT2D eigenvalue weighted by Gasteiger charge is -2.03. The largest absolute Gasteiger partial charge is 0.478 e. The summed E-state index contributed by atoms with van der Waals surface area (Å²) in [6.45, 7) is 0. The van der Waals surface area contributed by atoms with E-state index in [0.717, 1.165) is 0 Å². The van der Waals surface area contributed by atoms with Crippen molar-refractivity contribution in [1.29, 1.82) is 0 Å². The molecule has 0 saturated heterocycles. The molecule has 0 aliphatic rings. The Morgan fingerprint density at radius 1 is 1.27 bits per heavy atom. The molecule has 15 heavy (non-hydrogen) atoms. The molecule has 0 amide bonds. The Bertz CT molecular complexity index is 491. The fourth-order valence-corrected chi connectivity index (χ4v) is 1.40. The van der Waals surface area contributed by atoms with E-state index < -0.39 is 11.8 Å². The number of aromatic carboxylic acids is 1. The second-order valence-electron chi connectivity index (χ2n) is 3.06. The molecule has 3 nitrogen and oxygen atoms in total. The van der Waals surface area contributed by atoms with Crippen LogP contribution in [0.2, 0.25) is 0 Å². The van der Waals surface area contributed by atoms with Gasteiger partial charge in [-0.05, 0) is 24.3 Å². The summed E-state index contributed by atoms with van der Waals surface area (Å²) in [4.78, 5) is 13.5. The van der Waals surface area contributed by atoms with Gasteiger partial charge in [0.05, 0.1) is 5.56 Å². The zero-order valence-corrected chi connectivity index (χ0v) is 7.70. The molecule has 0 atom stereocenters. The molecule has 2 rings (SSSR count). The van der Waals surface area contributed by atoms with E-state index in [2.05, 4.69) is 4.98 Å². The molecule has 0 bridgehead atoms. The lowest BCUT2D eigenvalue weighted by Crippen LogP contribution is -2.01. The Hall–Kier alpha value is -2.10. The number of nitrogens with one attached hydrogen (secondary N) is 1. The van der Waals surface area contributed by atoms with Gasteiger partial charge < -0.3 is 10.1 Å². The van der Waals surface area contributed by atoms with Crippen LogP contribution < -0.4 is 0 Å². The lowest BCUT2D eigenvalue weighted by molar-refractivity contribution is 0.0692. The van der Waals surface area contributed by atoms with Crippen LogP contribution in [0.4, 0.5) is 4.39 Å². The van der Waals surface area contributed by atoms with E-state index in [4.69, 9.17) is 5.11 Å². The normalized spacial score (nSPS) is 10.2. The maximum absolute atomic E-state index is 13.7. The fourth-order valence-electron chi connectivity index (χ4n) is 1.40. The second kappa shape index (κ2) is 3.57. The number of benzene rings is 1. The first-order chi connectivity index (χ1) is 7.20. The van der Waals surface area contributed by atoms with Crippen molar-refractivity contribution in [3.05, 3.63) is 47.9 Å². The van der Waals surface area contributed by atoms with Gasteiger partial charge >= 0.3 is 5.97 Å². The highest BCUT2D eigenvalue weighted by molar-refractivity contribution is 5.89. The minimum atomic E-state index is -1.26. The molecule has 76 valence electrons. The number of carboxylic acids is 1. The number of aromatic nitrogens is 1. The molecule has 2 aromatic rings. The summed E-state index contributed by atoms with van der Waals surface area (Å²) < 4.78 is 13.7. The number of hydrogen-bond donors (Lipinski definition) is 2. The molecule has 0 fully saturated rings. The maximum atomic E-state index is 13.7. The van der Waals surface area contributed by atoms with Crippen molar-refractivity contribution in [1.82, 2.24) is 4.98 Å². The first-order valence-electron chi connectivity index (χ1n) is 4.35. The van der Waals surface area contributed by atoms with E-state index in [9.17, 15) is 9.18 Å². The highest BCUT2D eigenvalue weighted by Crippen LogP contribution is 2.23. The number of H-pyrrole nitrogens is 1. The summed E-state index contributed by atoms with van der Waals surface area (Å²) in [5.74, 6) is -1.98. The summed E-state index contributed by atoms with van der Waals surface area (Å²) in [5.41, 5.74) is 0.512. The van der Waals surface area contributed by atoms with Gasteiger partial charge in [-0.25, -0.2) is 9.18 Å². The van der Waals surface area contributed by atoms with Crippen LogP contribution in [0, 0.1) is 5.82 Å². The van der Waals surface area contributed by atoms with Gasteiger partial charge in [0.15, 0.2) is 0 Å². The molecule has 0 aliphatic carbocycles. The molecule has 0 aliphatic heterocycles. The van der Waals surface area contributed by atoms with Gasteiger partial charge in [-0.1, -0.05) is 6.07 Å². The molecule has 0 radical (unpaired) electrons. The minimum Gasteiger partial charge on any atom is -0.478 e. The van der Waals surface area contributed by atoms with Gasteiger partial charge in [0.25, 0.3) is 0 Å². The zero-order chi connectivity index (χ0) is 10.8. The molecule has 4 heteroatoms. The van der Waals surface area contributed by atoms with Gasteiger partial charge in [-0.3, -0.25) is 0 Å². The predicted molar refractivity (Wildman–Crippen MR) is 53.1 cm³/mol. The van der Waals surface area contributed by atoms with Gasteiger partial charge in [0, 0.05) is 17.5 Å². The smallest absolute Gasteiger partial charge is 0.338 e. The quantitative estimate of drug-likeness (QED) is 0.791. The van der Waals surface area contributed by atoms with Crippen molar-refractivity contribution >= 4 is 5.97 Å². The molecule has 1 aromatic heterocycles. The fraction of sp³-hybridized carbons (Fsp3) is 0. The molecule has 0 spiro atoms. The van der Waals surface area contributed by atoms with Crippen molar-refractivity contribution in [2.75, 3.05) is 0 Å². The molecule has 1 heterocycles. The average Bonchev–Trinajstić information content (AvgIpc) is 2.70. The zero-order valence-electron chi connectivity index (χ0n) is 7.70. The van der Waals surface area contributed by atoms with Crippen LogP contribution in [-0.2, 0) is 0 Å². The summed E-state index contributed by atoms with van der Waals surface area (Å²) in [6.07, 6.45) is 1.65. The van der Waals surface area contributed by atoms with Crippen molar-refractivity contribution < 1.29 is 14.3 Å². The average molecular weight is 205 g/mol. The van der Waals surface area contributed by atoms with E-state index in [1.165, 1.54) is 18.2 Å². The highest BCUT2D eigenvalue weighted by Gasteiger charge is 2.14. The number of halogens is 1. The molecule has 0 saturated carbocycles. The molecular weight excluding hydrogens is 197 g/mol. The molecular formula is C11H8FNO2. The lowest BCUT2D eigenvalue weighted by atomic mass is 10.1. The van der Waals surface area contributed by atoms with Crippen LogP contribution >= 0.6 is 0 Å². The Kier molecular flexibility index (Phi) is 2.25. The van der Waals surface area contributed by atoms with Crippen molar-refractivity contribution in [3.8, 4) is 11.3 Å². The van der Waals surface area contributed by atoms with E-state index in [1.54, 1.807) is 18.3 Å². The second-order valence-corrected chi connectivity index (χ2v) is 3.06. The summed E-state index contributed by atoms with van der Waals surface area (Å²) >= 11 is 0. The summed E-state index contributed by atoms with van der Waals surface area (Å²) in [7, 11) is 0. The predicted octanol–water partition coefficient (Wildman–Crippen LogP) is 2.52. The molecule has 0 unspecified atom stereocenters. The molecule has 1 aromatic carbocycles. The monoisotopic (exact) mass is 205 g/mol. The van der Waals surface area contributed by atoms with Gasteiger partial charge in [0.2, 0.25) is 0 Å². The first-order valence-corrected chi connectivity index (χ1v) is 4.35. The van der Waals surface area contributed by atoms with E-state index in [-0.39, 0.29) is 11.1 Å². The van der Waals surface area contributed by atoms with E-state index >= 15 is 0 Å². The van der Waals surface area contributed by atoms with Gasteiger partial charge in [-0.15, -0.1) is 0 Å². The van der Waals surface area contributed by atoms with Crippen LogP contribution in [0.1, 0.15) is 10.4 Å². The standard InChI is InChI=1S/C11H8FNO2/c12-10-7(9-5-2-6-13-9)3-1-4-8(10)11(14)15/h1-6,13H,(H,14,15). The van der Waals surface area contributed by atoms with E-state index in [0.29, 0.717) is 5.69 Å². The third-order valence-electron chi connectivity index (χ3n) is 2.12. The Labute approximate surface area is 85.2 Å². The third kappa shape index (κ3) is 1.61. The van der Waals surface area contributed by atoms with Crippen molar-refractivity contribution in [2.24, 2.45) is 0 Å². The Morgan fingerprint density at radius 3 is 2.67 bits per heavy atom. The third-order valence-corrected chi connectivity index (χ3v) is 2.12. The minimum absolute atomic E-state index is 0.264. The summed E-state index contributed by atoms with van der Waals surface area (Å²) in [5, 5.41) is 8.74. The van der Waals surface area contributed by atoms with Gasteiger partial charge in [0.1, 0.15) is 5.82 Å². The topological polar surface area (TPSA) is 53.1 Å².